The van der Waals surface area contributed by atoms with Crippen LogP contribution in [0.5, 0.6) is 0 Å². The second kappa shape index (κ2) is 7.82. The number of hydrogen-bond donors (Lipinski definition) is 0. The molecular weight excluding hydrogens is 319 g/mol. The lowest BCUT2D eigenvalue weighted by atomic mass is 10.2. The van der Waals surface area contributed by atoms with Crippen molar-refractivity contribution in [2.24, 2.45) is 0 Å². The number of hydrogen-bond acceptors (Lipinski definition) is 5. The fourth-order valence-corrected chi connectivity index (χ4v) is 2.51. The Bertz CT molecular complexity index is 685. The van der Waals surface area contributed by atoms with Gasteiger partial charge in [-0.25, -0.2) is 9.37 Å². The summed E-state index contributed by atoms with van der Waals surface area (Å²) in [4.78, 5) is 29.2. The van der Waals surface area contributed by atoms with Crippen LogP contribution in [0.2, 0.25) is 0 Å². The number of ether oxygens (including phenoxy) is 1. The zero-order chi connectivity index (χ0) is 16.8. The van der Waals surface area contributed by atoms with Gasteiger partial charge < -0.3 is 9.64 Å². The molecule has 0 aliphatic rings. The normalized spacial score (nSPS) is 10.4. The van der Waals surface area contributed by atoms with Gasteiger partial charge in [-0.05, 0) is 24.6 Å². The number of carbonyl (C=O) groups excluding carboxylic acids is 2. The minimum absolute atomic E-state index is 0.0549. The van der Waals surface area contributed by atoms with Crippen LogP contribution in [0.4, 0.5) is 4.39 Å². The average molecular weight is 336 g/mol. The predicted octanol–water partition coefficient (Wildman–Crippen LogP) is 2.33. The van der Waals surface area contributed by atoms with Crippen molar-refractivity contribution in [2.45, 2.75) is 19.9 Å². The van der Waals surface area contributed by atoms with Gasteiger partial charge in [0.05, 0.1) is 17.1 Å². The van der Waals surface area contributed by atoms with E-state index in [1.165, 1.54) is 28.4 Å². The first-order valence-electron chi connectivity index (χ1n) is 6.99. The number of amides is 1. The lowest BCUT2D eigenvalue weighted by Gasteiger charge is -2.17. The topological polar surface area (TPSA) is 59.5 Å². The molecule has 1 heterocycles. The molecule has 0 atom stereocenters. The molecule has 0 saturated carbocycles. The van der Waals surface area contributed by atoms with Crippen LogP contribution in [-0.4, -0.2) is 35.4 Å². The van der Waals surface area contributed by atoms with Gasteiger partial charge in [-0.1, -0.05) is 12.1 Å². The Balaban J connectivity index is 1.77. The first-order chi connectivity index (χ1) is 10.9. The quantitative estimate of drug-likeness (QED) is 0.760. The number of halogens is 1. The molecule has 1 aromatic heterocycles. The van der Waals surface area contributed by atoms with Gasteiger partial charge in [0.1, 0.15) is 5.82 Å². The van der Waals surface area contributed by atoms with E-state index in [0.717, 1.165) is 10.6 Å². The Morgan fingerprint density at radius 3 is 2.61 bits per heavy atom. The molecule has 122 valence electrons. The van der Waals surface area contributed by atoms with E-state index in [-0.39, 0.29) is 24.8 Å². The standard InChI is InChI=1S/C16H17FN2O3S/c1-11-18-14(10-23-11)7-16(21)22-9-15(20)19(2)8-12-3-5-13(17)6-4-12/h3-6,10H,7-9H2,1-2H3. The molecule has 23 heavy (non-hydrogen) atoms. The zero-order valence-electron chi connectivity index (χ0n) is 12.9. The summed E-state index contributed by atoms with van der Waals surface area (Å²) >= 11 is 1.46. The van der Waals surface area contributed by atoms with E-state index >= 15 is 0 Å². The Kier molecular flexibility index (Phi) is 5.81. The van der Waals surface area contributed by atoms with Crippen molar-refractivity contribution >= 4 is 23.2 Å². The number of nitrogens with zero attached hydrogens (tertiary/aromatic N) is 2. The third-order valence-corrected chi connectivity index (χ3v) is 3.93. The highest BCUT2D eigenvalue weighted by molar-refractivity contribution is 7.09. The average Bonchev–Trinajstić information content (AvgIpc) is 2.92. The Labute approximate surface area is 137 Å². The number of aromatic nitrogens is 1. The van der Waals surface area contributed by atoms with Crippen molar-refractivity contribution in [2.75, 3.05) is 13.7 Å². The summed E-state index contributed by atoms with van der Waals surface area (Å²) in [6, 6.07) is 5.89. The van der Waals surface area contributed by atoms with Gasteiger partial charge in [-0.3, -0.25) is 9.59 Å². The molecule has 0 saturated heterocycles. The molecule has 0 bridgehead atoms. The summed E-state index contributed by atoms with van der Waals surface area (Å²) in [7, 11) is 1.60. The number of carbonyl (C=O) groups is 2. The minimum atomic E-state index is -0.487. The highest BCUT2D eigenvalue weighted by Crippen LogP contribution is 2.09. The Morgan fingerprint density at radius 1 is 1.30 bits per heavy atom. The van der Waals surface area contributed by atoms with Crippen molar-refractivity contribution in [1.29, 1.82) is 0 Å². The maximum atomic E-state index is 12.8. The molecule has 1 aromatic carbocycles. The van der Waals surface area contributed by atoms with Crippen molar-refractivity contribution in [1.82, 2.24) is 9.88 Å². The van der Waals surface area contributed by atoms with Crippen LogP contribution in [0, 0.1) is 12.7 Å². The number of likely N-dealkylation sites (N-methyl/N-ethyl adjacent to an activating group) is 1. The van der Waals surface area contributed by atoms with E-state index in [1.54, 1.807) is 24.6 Å². The van der Waals surface area contributed by atoms with E-state index in [0.29, 0.717) is 12.2 Å². The fraction of sp³-hybridized carbons (Fsp3) is 0.312. The molecule has 0 aliphatic heterocycles. The molecule has 2 aromatic rings. The molecule has 0 radical (unpaired) electrons. The molecule has 2 rings (SSSR count). The number of rotatable bonds is 6. The van der Waals surface area contributed by atoms with E-state index in [2.05, 4.69) is 4.98 Å². The Hall–Kier alpha value is -2.28. The van der Waals surface area contributed by atoms with E-state index in [9.17, 15) is 14.0 Å². The number of benzene rings is 1. The van der Waals surface area contributed by atoms with E-state index in [1.807, 2.05) is 6.92 Å². The van der Waals surface area contributed by atoms with Crippen LogP contribution in [0.1, 0.15) is 16.3 Å². The van der Waals surface area contributed by atoms with E-state index in [4.69, 9.17) is 4.74 Å². The molecule has 0 fully saturated rings. The van der Waals surface area contributed by atoms with Gasteiger partial charge in [0.2, 0.25) is 0 Å². The van der Waals surface area contributed by atoms with Crippen LogP contribution < -0.4 is 0 Å². The summed E-state index contributed by atoms with van der Waals surface area (Å²) in [5, 5.41) is 2.67. The SMILES string of the molecule is Cc1nc(CC(=O)OCC(=O)N(C)Cc2ccc(F)cc2)cs1. The first-order valence-corrected chi connectivity index (χ1v) is 7.87. The molecule has 0 unspecified atom stereocenters. The number of aryl methyl sites for hydroxylation is 1. The van der Waals surface area contributed by atoms with Crippen LogP contribution in [0.3, 0.4) is 0 Å². The van der Waals surface area contributed by atoms with Gasteiger partial charge in [-0.15, -0.1) is 11.3 Å². The molecule has 5 nitrogen and oxygen atoms in total. The van der Waals surface area contributed by atoms with Crippen LogP contribution >= 0.6 is 11.3 Å². The van der Waals surface area contributed by atoms with Gasteiger partial charge in [-0.2, -0.15) is 0 Å². The summed E-state index contributed by atoms with van der Waals surface area (Å²) in [6.45, 7) is 1.86. The third-order valence-electron chi connectivity index (χ3n) is 3.11. The lowest BCUT2D eigenvalue weighted by Crippen LogP contribution is -2.31. The van der Waals surface area contributed by atoms with Crippen molar-refractivity contribution in [3.05, 3.63) is 51.7 Å². The summed E-state index contributed by atoms with van der Waals surface area (Å²) < 4.78 is 17.8. The van der Waals surface area contributed by atoms with Crippen molar-refractivity contribution < 1.29 is 18.7 Å². The lowest BCUT2D eigenvalue weighted by molar-refractivity contribution is -0.151. The van der Waals surface area contributed by atoms with Crippen LogP contribution in [-0.2, 0) is 27.3 Å². The third kappa shape index (κ3) is 5.45. The number of esters is 1. The summed E-state index contributed by atoms with van der Waals surface area (Å²) in [5.74, 6) is -1.13. The molecule has 0 aliphatic carbocycles. The summed E-state index contributed by atoms with van der Waals surface area (Å²) in [5.41, 5.74) is 1.44. The van der Waals surface area contributed by atoms with Crippen LogP contribution in [0.15, 0.2) is 29.6 Å². The zero-order valence-corrected chi connectivity index (χ0v) is 13.7. The maximum Gasteiger partial charge on any atom is 0.312 e. The van der Waals surface area contributed by atoms with Crippen molar-refractivity contribution in [3.63, 3.8) is 0 Å². The molecular formula is C16H17FN2O3S. The monoisotopic (exact) mass is 336 g/mol. The van der Waals surface area contributed by atoms with Gasteiger partial charge in [0, 0.05) is 19.0 Å². The Morgan fingerprint density at radius 2 is 2.00 bits per heavy atom. The second-order valence-electron chi connectivity index (χ2n) is 5.07. The van der Waals surface area contributed by atoms with Crippen LogP contribution in [0.25, 0.3) is 0 Å². The molecule has 1 amide bonds. The second-order valence-corrected chi connectivity index (χ2v) is 6.13. The smallest absolute Gasteiger partial charge is 0.312 e. The first kappa shape index (κ1) is 17.1. The molecule has 7 heteroatoms. The maximum absolute atomic E-state index is 12.8. The fourth-order valence-electron chi connectivity index (χ4n) is 1.89. The molecule has 0 N–H and O–H groups in total. The summed E-state index contributed by atoms with van der Waals surface area (Å²) in [6.07, 6.45) is 0.0549. The minimum Gasteiger partial charge on any atom is -0.455 e. The highest BCUT2D eigenvalue weighted by Gasteiger charge is 2.14. The number of thiazole rings is 1. The molecule has 0 spiro atoms. The van der Waals surface area contributed by atoms with Gasteiger partial charge in [0.25, 0.3) is 5.91 Å². The largest absolute Gasteiger partial charge is 0.455 e. The van der Waals surface area contributed by atoms with Crippen molar-refractivity contribution in [3.8, 4) is 0 Å². The van der Waals surface area contributed by atoms with Gasteiger partial charge in [0.15, 0.2) is 6.61 Å². The van der Waals surface area contributed by atoms with E-state index < -0.39 is 5.97 Å². The predicted molar refractivity (Wildman–Crippen MR) is 84.4 cm³/mol. The van der Waals surface area contributed by atoms with Gasteiger partial charge >= 0.3 is 5.97 Å². The highest BCUT2D eigenvalue weighted by atomic mass is 32.1.